The highest BCUT2D eigenvalue weighted by atomic mass is 35.5. The van der Waals surface area contributed by atoms with Gasteiger partial charge in [0, 0.05) is 24.5 Å². The minimum Gasteiger partial charge on any atom is -0.386 e. The number of aromatic nitrogens is 1. The van der Waals surface area contributed by atoms with Gasteiger partial charge in [0.05, 0.1) is 16.3 Å². The zero-order chi connectivity index (χ0) is 18.5. The van der Waals surface area contributed by atoms with Gasteiger partial charge in [-0.25, -0.2) is 8.78 Å². The predicted octanol–water partition coefficient (Wildman–Crippen LogP) is 5.15. The van der Waals surface area contributed by atoms with E-state index in [1.165, 1.54) is 18.3 Å². The molecule has 1 aromatic heterocycles. The van der Waals surface area contributed by atoms with E-state index in [4.69, 9.17) is 11.6 Å². The Morgan fingerprint density at radius 3 is 2.32 bits per heavy atom. The third-order valence-corrected chi connectivity index (χ3v) is 4.82. The van der Waals surface area contributed by atoms with Gasteiger partial charge >= 0.3 is 6.18 Å². The monoisotopic (exact) mass is 377 g/mol. The number of halogens is 6. The van der Waals surface area contributed by atoms with Gasteiger partial charge in [0.15, 0.2) is 0 Å². The average Bonchev–Trinajstić information content (AvgIpc) is 2.51. The van der Waals surface area contributed by atoms with E-state index in [-0.39, 0.29) is 11.3 Å². The highest BCUT2D eigenvalue weighted by molar-refractivity contribution is 6.31. The summed E-state index contributed by atoms with van der Waals surface area (Å²) >= 11 is 5.60. The molecular weight excluding hydrogens is 365 g/mol. The number of aliphatic hydroxyl groups is 1. The molecule has 0 radical (unpaired) electrons. The van der Waals surface area contributed by atoms with Gasteiger partial charge in [-0.05, 0) is 29.8 Å². The predicted molar refractivity (Wildman–Crippen MR) is 81.5 cm³/mol. The molecule has 0 amide bonds. The molecule has 2 nitrogen and oxygen atoms in total. The summed E-state index contributed by atoms with van der Waals surface area (Å²) in [5.74, 6) is -3.06. The molecule has 0 aliphatic heterocycles. The first-order valence-electron chi connectivity index (χ1n) is 7.39. The quantitative estimate of drug-likeness (QED) is 0.750. The molecular formula is C17H13ClF5NO. The van der Waals surface area contributed by atoms with Crippen LogP contribution in [0.3, 0.4) is 0 Å². The highest BCUT2D eigenvalue weighted by Crippen LogP contribution is 2.59. The average molecular weight is 378 g/mol. The second kappa shape index (κ2) is 5.92. The van der Waals surface area contributed by atoms with Crippen LogP contribution in [-0.4, -0.2) is 16.0 Å². The number of nitrogens with zero attached hydrogens (tertiary/aromatic N) is 1. The standard InChI is InChI=1S/C17H13ClF5NO/c18-12-5-4-10(7-11(12)17(21,22)23)15(8-16(19,20)9-15)14(25)13-3-1-2-6-24-13/h1-7,14,25H,8-9H2. The van der Waals surface area contributed by atoms with Gasteiger partial charge in [0.2, 0.25) is 5.92 Å². The Kier molecular flexibility index (Phi) is 4.28. The van der Waals surface area contributed by atoms with Crippen molar-refractivity contribution < 1.29 is 27.1 Å². The molecule has 134 valence electrons. The molecule has 1 N–H and O–H groups in total. The Morgan fingerprint density at radius 2 is 1.80 bits per heavy atom. The maximum absolute atomic E-state index is 13.6. The molecule has 3 rings (SSSR count). The minimum absolute atomic E-state index is 0.0340. The van der Waals surface area contributed by atoms with E-state index in [0.29, 0.717) is 0 Å². The van der Waals surface area contributed by atoms with E-state index in [9.17, 15) is 27.1 Å². The Balaban J connectivity index is 2.09. The van der Waals surface area contributed by atoms with Crippen LogP contribution in [0.2, 0.25) is 5.02 Å². The molecule has 1 atom stereocenters. The molecule has 1 unspecified atom stereocenters. The lowest BCUT2D eigenvalue weighted by Crippen LogP contribution is -2.53. The minimum atomic E-state index is -4.73. The van der Waals surface area contributed by atoms with E-state index >= 15 is 0 Å². The van der Waals surface area contributed by atoms with Crippen LogP contribution < -0.4 is 0 Å². The topological polar surface area (TPSA) is 33.1 Å². The van der Waals surface area contributed by atoms with E-state index < -0.39 is 47.0 Å². The normalized spacial score (nSPS) is 20.0. The van der Waals surface area contributed by atoms with Crippen LogP contribution in [0.4, 0.5) is 22.0 Å². The first-order valence-corrected chi connectivity index (χ1v) is 7.77. The number of alkyl halides is 5. The number of benzene rings is 1. The van der Waals surface area contributed by atoms with Crippen molar-refractivity contribution in [3.05, 3.63) is 64.4 Å². The third-order valence-electron chi connectivity index (χ3n) is 4.49. The van der Waals surface area contributed by atoms with Gasteiger partial charge in [0.1, 0.15) is 6.10 Å². The van der Waals surface area contributed by atoms with Crippen molar-refractivity contribution >= 4 is 11.6 Å². The van der Waals surface area contributed by atoms with Gasteiger partial charge in [-0.15, -0.1) is 0 Å². The molecule has 2 aromatic rings. The van der Waals surface area contributed by atoms with Gasteiger partial charge < -0.3 is 5.11 Å². The summed E-state index contributed by atoms with van der Waals surface area (Å²) in [6.07, 6.45) is -6.34. The highest BCUT2D eigenvalue weighted by Gasteiger charge is 2.61. The van der Waals surface area contributed by atoms with Crippen molar-refractivity contribution in [2.75, 3.05) is 0 Å². The summed E-state index contributed by atoms with van der Waals surface area (Å²) in [5, 5.41) is 10.1. The molecule has 1 aliphatic carbocycles. The van der Waals surface area contributed by atoms with E-state index in [0.717, 1.165) is 12.1 Å². The molecule has 1 aromatic carbocycles. The van der Waals surface area contributed by atoms with Crippen LogP contribution in [0.1, 0.15) is 35.8 Å². The van der Waals surface area contributed by atoms with Crippen molar-refractivity contribution in [1.82, 2.24) is 4.98 Å². The maximum Gasteiger partial charge on any atom is 0.417 e. The van der Waals surface area contributed by atoms with Crippen molar-refractivity contribution in [1.29, 1.82) is 0 Å². The maximum atomic E-state index is 13.6. The van der Waals surface area contributed by atoms with E-state index in [1.807, 2.05) is 0 Å². The van der Waals surface area contributed by atoms with Crippen molar-refractivity contribution in [3.8, 4) is 0 Å². The largest absolute Gasteiger partial charge is 0.417 e. The van der Waals surface area contributed by atoms with Gasteiger partial charge in [-0.1, -0.05) is 23.7 Å². The fourth-order valence-corrected chi connectivity index (χ4v) is 3.52. The zero-order valence-electron chi connectivity index (χ0n) is 12.7. The molecule has 0 spiro atoms. The van der Waals surface area contributed by atoms with Crippen molar-refractivity contribution in [2.24, 2.45) is 0 Å². The van der Waals surface area contributed by atoms with Crippen LogP contribution in [0.25, 0.3) is 0 Å². The Hall–Kier alpha value is -1.73. The molecule has 1 aliphatic rings. The molecule has 1 saturated carbocycles. The first kappa shape index (κ1) is 18.1. The van der Waals surface area contributed by atoms with E-state index in [1.54, 1.807) is 12.1 Å². The van der Waals surface area contributed by atoms with Crippen LogP contribution >= 0.6 is 11.6 Å². The fraction of sp³-hybridized carbons (Fsp3) is 0.353. The summed E-state index contributed by atoms with van der Waals surface area (Å²) in [4.78, 5) is 3.95. The summed E-state index contributed by atoms with van der Waals surface area (Å²) in [6, 6.07) is 7.61. The Labute approximate surface area is 145 Å². The van der Waals surface area contributed by atoms with Crippen molar-refractivity contribution in [2.45, 2.75) is 36.5 Å². The zero-order valence-corrected chi connectivity index (χ0v) is 13.5. The summed E-state index contributed by atoms with van der Waals surface area (Å²) in [5.41, 5.74) is -2.58. The van der Waals surface area contributed by atoms with Crippen LogP contribution in [0, 0.1) is 0 Å². The lowest BCUT2D eigenvalue weighted by Gasteiger charge is -2.50. The second-order valence-corrected chi connectivity index (χ2v) is 6.62. The first-order chi connectivity index (χ1) is 11.6. The molecule has 8 heteroatoms. The number of aliphatic hydroxyl groups excluding tert-OH is 1. The number of rotatable bonds is 3. The Morgan fingerprint density at radius 1 is 1.12 bits per heavy atom. The smallest absolute Gasteiger partial charge is 0.386 e. The lowest BCUT2D eigenvalue weighted by atomic mass is 9.58. The lowest BCUT2D eigenvalue weighted by molar-refractivity contribution is -0.163. The van der Waals surface area contributed by atoms with Gasteiger partial charge in [-0.2, -0.15) is 13.2 Å². The summed E-state index contributed by atoms with van der Waals surface area (Å²) < 4.78 is 66.6. The molecule has 0 saturated heterocycles. The molecule has 1 heterocycles. The van der Waals surface area contributed by atoms with Crippen LogP contribution in [0.15, 0.2) is 42.6 Å². The fourth-order valence-electron chi connectivity index (χ4n) is 3.30. The van der Waals surface area contributed by atoms with Crippen LogP contribution in [-0.2, 0) is 11.6 Å². The Bertz CT molecular complexity index is 770. The third kappa shape index (κ3) is 3.22. The van der Waals surface area contributed by atoms with Crippen molar-refractivity contribution in [3.63, 3.8) is 0 Å². The number of hydrogen-bond acceptors (Lipinski definition) is 2. The molecule has 0 bridgehead atoms. The summed E-state index contributed by atoms with van der Waals surface area (Å²) in [6.45, 7) is 0. The molecule has 25 heavy (non-hydrogen) atoms. The second-order valence-electron chi connectivity index (χ2n) is 6.22. The van der Waals surface area contributed by atoms with Gasteiger partial charge in [-0.3, -0.25) is 4.98 Å². The van der Waals surface area contributed by atoms with E-state index in [2.05, 4.69) is 4.98 Å². The van der Waals surface area contributed by atoms with Gasteiger partial charge in [0.25, 0.3) is 0 Å². The molecule has 1 fully saturated rings. The number of hydrogen-bond donors (Lipinski definition) is 1. The van der Waals surface area contributed by atoms with Crippen LogP contribution in [0.5, 0.6) is 0 Å². The summed E-state index contributed by atoms with van der Waals surface area (Å²) in [7, 11) is 0. The number of pyridine rings is 1. The SMILES string of the molecule is OC(c1ccccn1)C1(c2ccc(Cl)c(C(F)(F)F)c2)CC(F)(F)C1.